The molecule has 1 aromatic heterocycles. The van der Waals surface area contributed by atoms with Gasteiger partial charge in [-0.2, -0.15) is 4.98 Å². The normalized spacial score (nSPS) is 15.3. The summed E-state index contributed by atoms with van der Waals surface area (Å²) < 4.78 is 15.4. The Bertz CT molecular complexity index is 688. The molecule has 0 unspecified atom stereocenters. The van der Waals surface area contributed by atoms with Crippen LogP contribution in [0.1, 0.15) is 40.0 Å². The molecule has 0 saturated carbocycles. The predicted molar refractivity (Wildman–Crippen MR) is 113 cm³/mol. The van der Waals surface area contributed by atoms with Gasteiger partial charge < -0.3 is 29.7 Å². The lowest BCUT2D eigenvalue weighted by Crippen LogP contribution is -2.44. The van der Waals surface area contributed by atoms with Gasteiger partial charge in [-0.1, -0.05) is 0 Å². The molecule has 0 aliphatic carbocycles. The molecule has 2 N–H and O–H groups in total. The second kappa shape index (κ2) is 11.5. The zero-order valence-corrected chi connectivity index (χ0v) is 18.3. The third-order valence-corrected chi connectivity index (χ3v) is 4.34. The SMILES string of the molecule is COC(=O)[C@H](CCCCNc1ccnc(N2CCOCC2)n1)NC(=O)OC(C)(C)C. The van der Waals surface area contributed by atoms with E-state index in [1.807, 2.05) is 6.07 Å². The fourth-order valence-electron chi connectivity index (χ4n) is 2.89. The number of morpholine rings is 1. The summed E-state index contributed by atoms with van der Waals surface area (Å²) in [5.41, 5.74) is -0.633. The van der Waals surface area contributed by atoms with Crippen molar-refractivity contribution < 1.29 is 23.8 Å². The zero-order valence-electron chi connectivity index (χ0n) is 18.3. The van der Waals surface area contributed by atoms with Gasteiger partial charge in [0.15, 0.2) is 0 Å². The standard InChI is InChI=1S/C20H33N5O5/c1-20(2,3)30-19(27)23-15(17(26)28-4)7-5-6-9-21-16-8-10-22-18(24-16)25-11-13-29-14-12-25/h8,10,15H,5-7,9,11-14H2,1-4H3,(H,23,27)(H,21,22,24)/t15-/m0/s1. The molecule has 1 aliphatic rings. The topological polar surface area (TPSA) is 115 Å². The van der Waals surface area contributed by atoms with Gasteiger partial charge in [-0.05, 0) is 46.1 Å². The van der Waals surface area contributed by atoms with Crippen molar-refractivity contribution >= 4 is 23.8 Å². The lowest BCUT2D eigenvalue weighted by atomic mass is 10.1. The summed E-state index contributed by atoms with van der Waals surface area (Å²) in [6.07, 6.45) is 3.06. The van der Waals surface area contributed by atoms with Crippen LogP contribution in [-0.2, 0) is 19.0 Å². The first kappa shape index (κ1) is 23.7. The Morgan fingerprint density at radius 2 is 2.00 bits per heavy atom. The molecule has 1 aromatic rings. The Balaban J connectivity index is 1.75. The molecule has 1 amide bonds. The molecule has 0 aromatic carbocycles. The number of carbonyl (C=O) groups excluding carboxylic acids is 2. The van der Waals surface area contributed by atoms with Crippen molar-refractivity contribution in [3.63, 3.8) is 0 Å². The number of amides is 1. The highest BCUT2D eigenvalue weighted by atomic mass is 16.6. The quantitative estimate of drug-likeness (QED) is 0.454. The maximum absolute atomic E-state index is 11.9. The fourth-order valence-corrected chi connectivity index (χ4v) is 2.89. The smallest absolute Gasteiger partial charge is 0.408 e. The van der Waals surface area contributed by atoms with E-state index in [0.29, 0.717) is 38.5 Å². The summed E-state index contributed by atoms with van der Waals surface area (Å²) in [5, 5.41) is 5.86. The fraction of sp³-hybridized carbons (Fsp3) is 0.700. The van der Waals surface area contributed by atoms with Crippen LogP contribution in [0.3, 0.4) is 0 Å². The molecule has 2 rings (SSSR count). The number of nitrogens with zero attached hydrogens (tertiary/aromatic N) is 3. The van der Waals surface area contributed by atoms with E-state index in [9.17, 15) is 9.59 Å². The van der Waals surface area contributed by atoms with Crippen LogP contribution >= 0.6 is 0 Å². The average Bonchev–Trinajstić information content (AvgIpc) is 2.71. The van der Waals surface area contributed by atoms with Crippen molar-refractivity contribution in [2.24, 2.45) is 0 Å². The minimum absolute atomic E-state index is 0.455. The Hall–Kier alpha value is -2.62. The third kappa shape index (κ3) is 8.40. The number of unbranched alkanes of at least 4 members (excludes halogenated alkanes) is 1. The molecule has 2 heterocycles. The van der Waals surface area contributed by atoms with Crippen LogP contribution < -0.4 is 15.5 Å². The van der Waals surface area contributed by atoms with Crippen LogP contribution in [0.25, 0.3) is 0 Å². The summed E-state index contributed by atoms with van der Waals surface area (Å²) in [7, 11) is 1.30. The van der Waals surface area contributed by atoms with Gasteiger partial charge in [0.25, 0.3) is 0 Å². The number of hydrogen-bond donors (Lipinski definition) is 2. The monoisotopic (exact) mass is 423 g/mol. The van der Waals surface area contributed by atoms with Crippen molar-refractivity contribution in [2.45, 2.75) is 51.7 Å². The van der Waals surface area contributed by atoms with E-state index in [2.05, 4.69) is 25.5 Å². The summed E-state index contributed by atoms with van der Waals surface area (Å²) in [6.45, 7) is 8.90. The summed E-state index contributed by atoms with van der Waals surface area (Å²) in [6, 6.07) is 1.09. The molecule has 1 atom stereocenters. The predicted octanol–water partition coefficient (Wildman–Crippen LogP) is 1.96. The first-order chi connectivity index (χ1) is 14.3. The van der Waals surface area contributed by atoms with Crippen molar-refractivity contribution in [1.82, 2.24) is 15.3 Å². The maximum atomic E-state index is 11.9. The number of ether oxygens (including phenoxy) is 3. The zero-order chi connectivity index (χ0) is 22.0. The van der Waals surface area contributed by atoms with Gasteiger partial charge in [-0.15, -0.1) is 0 Å². The highest BCUT2D eigenvalue weighted by molar-refractivity contribution is 5.81. The number of hydrogen-bond acceptors (Lipinski definition) is 9. The van der Waals surface area contributed by atoms with Crippen molar-refractivity contribution in [3.05, 3.63) is 12.3 Å². The van der Waals surface area contributed by atoms with Crippen molar-refractivity contribution in [3.8, 4) is 0 Å². The number of carbonyl (C=O) groups is 2. The van der Waals surface area contributed by atoms with Crippen LogP contribution in [0.2, 0.25) is 0 Å². The third-order valence-electron chi connectivity index (χ3n) is 4.34. The second-order valence-electron chi connectivity index (χ2n) is 7.99. The number of methoxy groups -OCH3 is 1. The van der Waals surface area contributed by atoms with E-state index < -0.39 is 23.7 Å². The summed E-state index contributed by atoms with van der Waals surface area (Å²) >= 11 is 0. The number of nitrogens with one attached hydrogen (secondary N) is 2. The summed E-state index contributed by atoms with van der Waals surface area (Å²) in [5.74, 6) is 0.957. The van der Waals surface area contributed by atoms with Gasteiger partial charge >= 0.3 is 12.1 Å². The number of anilines is 2. The molecule has 1 fully saturated rings. The molecular formula is C20H33N5O5. The van der Waals surface area contributed by atoms with Gasteiger partial charge in [-0.3, -0.25) is 0 Å². The lowest BCUT2D eigenvalue weighted by molar-refractivity contribution is -0.143. The summed E-state index contributed by atoms with van der Waals surface area (Å²) in [4.78, 5) is 34.9. The molecule has 0 radical (unpaired) electrons. The van der Waals surface area contributed by atoms with Gasteiger partial charge in [0.05, 0.1) is 20.3 Å². The van der Waals surface area contributed by atoms with Gasteiger partial charge in [0.2, 0.25) is 5.95 Å². The highest BCUT2D eigenvalue weighted by Gasteiger charge is 2.24. The largest absolute Gasteiger partial charge is 0.467 e. The van der Waals surface area contributed by atoms with Crippen LogP contribution in [0.15, 0.2) is 12.3 Å². The van der Waals surface area contributed by atoms with E-state index >= 15 is 0 Å². The first-order valence-corrected chi connectivity index (χ1v) is 10.3. The minimum Gasteiger partial charge on any atom is -0.467 e. The molecule has 168 valence electrons. The van der Waals surface area contributed by atoms with Gasteiger partial charge in [-0.25, -0.2) is 14.6 Å². The van der Waals surface area contributed by atoms with Crippen LogP contribution in [-0.4, -0.2) is 73.6 Å². The Kier molecular flexibility index (Phi) is 9.10. The Morgan fingerprint density at radius 1 is 1.27 bits per heavy atom. The number of alkyl carbamates (subject to hydrolysis) is 1. The molecule has 10 nitrogen and oxygen atoms in total. The molecule has 30 heavy (non-hydrogen) atoms. The lowest BCUT2D eigenvalue weighted by Gasteiger charge is -2.26. The van der Waals surface area contributed by atoms with Crippen molar-refractivity contribution in [2.75, 3.05) is 50.2 Å². The number of rotatable bonds is 9. The molecule has 1 saturated heterocycles. The highest BCUT2D eigenvalue weighted by Crippen LogP contribution is 2.13. The molecule has 0 bridgehead atoms. The second-order valence-corrected chi connectivity index (χ2v) is 7.99. The number of esters is 1. The van der Waals surface area contributed by atoms with E-state index in [4.69, 9.17) is 14.2 Å². The molecular weight excluding hydrogens is 390 g/mol. The maximum Gasteiger partial charge on any atom is 0.408 e. The van der Waals surface area contributed by atoms with Crippen LogP contribution in [0.4, 0.5) is 16.6 Å². The van der Waals surface area contributed by atoms with Crippen LogP contribution in [0.5, 0.6) is 0 Å². The molecule has 10 heteroatoms. The molecule has 1 aliphatic heterocycles. The molecule has 0 spiro atoms. The Labute approximate surface area is 177 Å². The van der Waals surface area contributed by atoms with E-state index in [1.54, 1.807) is 27.0 Å². The number of aromatic nitrogens is 2. The van der Waals surface area contributed by atoms with Gasteiger partial charge in [0.1, 0.15) is 17.5 Å². The van der Waals surface area contributed by atoms with E-state index in [1.165, 1.54) is 7.11 Å². The van der Waals surface area contributed by atoms with Crippen molar-refractivity contribution in [1.29, 1.82) is 0 Å². The minimum atomic E-state index is -0.739. The van der Waals surface area contributed by atoms with Crippen LogP contribution in [0, 0.1) is 0 Å². The van der Waals surface area contributed by atoms with Gasteiger partial charge in [0, 0.05) is 25.8 Å². The average molecular weight is 424 g/mol. The Morgan fingerprint density at radius 3 is 2.67 bits per heavy atom. The van der Waals surface area contributed by atoms with E-state index in [0.717, 1.165) is 25.3 Å². The van der Waals surface area contributed by atoms with E-state index in [-0.39, 0.29) is 0 Å². The first-order valence-electron chi connectivity index (χ1n) is 10.3.